The summed E-state index contributed by atoms with van der Waals surface area (Å²) < 4.78 is 0. The number of aryl methyl sites for hydroxylation is 2. The van der Waals surface area contributed by atoms with Crippen LogP contribution in [0, 0.1) is 13.8 Å². The van der Waals surface area contributed by atoms with Crippen LogP contribution in [0.2, 0.25) is 0 Å². The summed E-state index contributed by atoms with van der Waals surface area (Å²) in [6, 6.07) is 15.6. The van der Waals surface area contributed by atoms with Crippen LogP contribution in [0.25, 0.3) is 0 Å². The van der Waals surface area contributed by atoms with Gasteiger partial charge in [-0.1, -0.05) is 68.8 Å². The van der Waals surface area contributed by atoms with E-state index in [1.165, 1.54) is 27.8 Å². The van der Waals surface area contributed by atoms with E-state index >= 15 is 0 Å². The molecule has 0 aliphatic carbocycles. The lowest BCUT2D eigenvalue weighted by Gasteiger charge is -2.24. The Hall–Kier alpha value is -1.60. The maximum Gasteiger partial charge on any atom is 0.000429 e. The maximum atomic E-state index is 6.12. The Balaban J connectivity index is 2.34. The van der Waals surface area contributed by atoms with E-state index < -0.39 is 0 Å². The molecule has 1 heteroatoms. The average molecular weight is 295 g/mol. The smallest absolute Gasteiger partial charge is 0.000429 e. The maximum absolute atomic E-state index is 6.12. The molecule has 0 heterocycles. The summed E-state index contributed by atoms with van der Waals surface area (Å²) in [5.74, 6) is 0.379. The normalized spacial score (nSPS) is 13.2. The third-order valence-electron chi connectivity index (χ3n) is 4.43. The van der Waals surface area contributed by atoms with Crippen LogP contribution in [0.4, 0.5) is 0 Å². The number of benzene rings is 2. The molecule has 0 aromatic heterocycles. The van der Waals surface area contributed by atoms with E-state index in [-0.39, 0.29) is 5.41 Å². The number of hydrogen-bond acceptors (Lipinski definition) is 1. The fraction of sp³-hybridized carbons (Fsp3) is 0.429. The Labute approximate surface area is 135 Å². The van der Waals surface area contributed by atoms with Crippen molar-refractivity contribution in [1.82, 2.24) is 0 Å². The first-order valence-corrected chi connectivity index (χ1v) is 8.18. The van der Waals surface area contributed by atoms with Crippen molar-refractivity contribution in [2.45, 2.75) is 52.4 Å². The molecule has 0 radical (unpaired) electrons. The van der Waals surface area contributed by atoms with Crippen LogP contribution in [0.5, 0.6) is 0 Å². The molecule has 0 aliphatic rings. The summed E-state index contributed by atoms with van der Waals surface area (Å²) >= 11 is 0. The van der Waals surface area contributed by atoms with E-state index in [2.05, 4.69) is 77.1 Å². The lowest BCUT2D eigenvalue weighted by molar-refractivity contribution is 0.586. The van der Waals surface area contributed by atoms with Gasteiger partial charge in [-0.05, 0) is 54.5 Å². The van der Waals surface area contributed by atoms with Crippen LogP contribution < -0.4 is 5.73 Å². The minimum Gasteiger partial charge on any atom is -0.330 e. The van der Waals surface area contributed by atoms with Crippen molar-refractivity contribution in [3.63, 3.8) is 0 Å². The second-order valence-electron chi connectivity index (χ2n) is 7.45. The van der Waals surface area contributed by atoms with E-state index in [0.717, 1.165) is 6.42 Å². The van der Waals surface area contributed by atoms with E-state index in [9.17, 15) is 0 Å². The molecular weight excluding hydrogens is 266 g/mol. The van der Waals surface area contributed by atoms with Crippen LogP contribution >= 0.6 is 0 Å². The molecule has 2 N–H and O–H groups in total. The van der Waals surface area contributed by atoms with Crippen LogP contribution in [-0.2, 0) is 11.8 Å². The lowest BCUT2D eigenvalue weighted by Crippen LogP contribution is -2.18. The summed E-state index contributed by atoms with van der Waals surface area (Å²) in [4.78, 5) is 0. The van der Waals surface area contributed by atoms with Crippen LogP contribution in [0.3, 0.4) is 0 Å². The Morgan fingerprint density at radius 3 is 2.32 bits per heavy atom. The lowest BCUT2D eigenvalue weighted by atomic mass is 9.81. The van der Waals surface area contributed by atoms with Crippen molar-refractivity contribution in [1.29, 1.82) is 0 Å². The van der Waals surface area contributed by atoms with Crippen molar-refractivity contribution >= 4 is 0 Å². The highest BCUT2D eigenvalue weighted by atomic mass is 14.5. The highest BCUT2D eigenvalue weighted by Gasteiger charge is 2.18. The van der Waals surface area contributed by atoms with Crippen molar-refractivity contribution in [2.24, 2.45) is 5.73 Å². The van der Waals surface area contributed by atoms with Gasteiger partial charge < -0.3 is 5.73 Å². The molecule has 2 rings (SSSR count). The molecule has 1 unspecified atom stereocenters. The molecule has 0 aliphatic heterocycles. The Bertz CT molecular complexity index is 635. The molecule has 2 aromatic carbocycles. The molecule has 22 heavy (non-hydrogen) atoms. The molecule has 1 atom stereocenters. The zero-order chi connectivity index (χ0) is 16.3. The highest BCUT2D eigenvalue weighted by molar-refractivity contribution is 5.38. The monoisotopic (exact) mass is 295 g/mol. The van der Waals surface area contributed by atoms with Gasteiger partial charge in [0.25, 0.3) is 0 Å². The fourth-order valence-electron chi connectivity index (χ4n) is 2.99. The van der Waals surface area contributed by atoms with Gasteiger partial charge in [0.2, 0.25) is 0 Å². The van der Waals surface area contributed by atoms with E-state index in [1.54, 1.807) is 0 Å². The molecule has 118 valence electrons. The summed E-state index contributed by atoms with van der Waals surface area (Å²) in [6.45, 7) is 11.8. The molecule has 1 nitrogen and oxygen atoms in total. The molecule has 0 saturated carbocycles. The topological polar surface area (TPSA) is 26.0 Å². The van der Waals surface area contributed by atoms with Crippen LogP contribution in [0.1, 0.15) is 54.5 Å². The zero-order valence-corrected chi connectivity index (χ0v) is 14.6. The molecule has 2 aromatic rings. The molecule has 0 saturated heterocycles. The SMILES string of the molecule is Cc1cccc(CC(CN)c2cc(C(C)(C)C)ccc2C)c1. The van der Waals surface area contributed by atoms with Gasteiger partial charge in [0.1, 0.15) is 0 Å². The van der Waals surface area contributed by atoms with Crippen LogP contribution in [0.15, 0.2) is 42.5 Å². The third-order valence-corrected chi connectivity index (χ3v) is 4.43. The first kappa shape index (κ1) is 16.8. The largest absolute Gasteiger partial charge is 0.330 e. The molecule has 0 bridgehead atoms. The summed E-state index contributed by atoms with van der Waals surface area (Å²) in [6.07, 6.45) is 1.01. The van der Waals surface area contributed by atoms with E-state index in [4.69, 9.17) is 5.73 Å². The van der Waals surface area contributed by atoms with Gasteiger partial charge in [-0.25, -0.2) is 0 Å². The second kappa shape index (κ2) is 6.66. The Morgan fingerprint density at radius 2 is 1.73 bits per heavy atom. The van der Waals surface area contributed by atoms with Gasteiger partial charge in [0, 0.05) is 5.92 Å². The predicted octanol–water partition coefficient (Wildman–Crippen LogP) is 4.89. The predicted molar refractivity (Wildman–Crippen MR) is 96.6 cm³/mol. The van der Waals surface area contributed by atoms with Gasteiger partial charge >= 0.3 is 0 Å². The molecule has 0 spiro atoms. The molecule has 0 amide bonds. The Morgan fingerprint density at radius 1 is 1.00 bits per heavy atom. The summed E-state index contributed by atoms with van der Waals surface area (Å²) in [7, 11) is 0. The minimum absolute atomic E-state index is 0.172. The average Bonchev–Trinajstić information content (AvgIpc) is 2.44. The first-order valence-electron chi connectivity index (χ1n) is 8.18. The minimum atomic E-state index is 0.172. The van der Waals surface area contributed by atoms with Gasteiger partial charge in [-0.2, -0.15) is 0 Å². The van der Waals surface area contributed by atoms with Crippen molar-refractivity contribution < 1.29 is 0 Å². The van der Waals surface area contributed by atoms with Crippen molar-refractivity contribution in [2.75, 3.05) is 6.54 Å². The highest BCUT2D eigenvalue weighted by Crippen LogP contribution is 2.29. The number of nitrogens with two attached hydrogens (primary N) is 1. The standard InChI is InChI=1S/C21H29N/c1-15-7-6-8-17(11-15)12-18(14-22)20-13-19(21(3,4)5)10-9-16(20)2/h6-11,13,18H,12,14,22H2,1-5H3. The Kier molecular flexibility index (Phi) is 5.08. The van der Waals surface area contributed by atoms with Crippen molar-refractivity contribution in [3.8, 4) is 0 Å². The molecular formula is C21H29N. The summed E-state index contributed by atoms with van der Waals surface area (Å²) in [5, 5.41) is 0. The van der Waals surface area contributed by atoms with E-state index in [0.29, 0.717) is 12.5 Å². The quantitative estimate of drug-likeness (QED) is 0.854. The zero-order valence-electron chi connectivity index (χ0n) is 14.6. The fourth-order valence-corrected chi connectivity index (χ4v) is 2.99. The van der Waals surface area contributed by atoms with E-state index in [1.807, 2.05) is 0 Å². The first-order chi connectivity index (χ1) is 10.3. The van der Waals surface area contributed by atoms with Crippen molar-refractivity contribution in [3.05, 3.63) is 70.3 Å². The number of rotatable bonds is 4. The third kappa shape index (κ3) is 3.98. The van der Waals surface area contributed by atoms with Crippen LogP contribution in [-0.4, -0.2) is 6.54 Å². The second-order valence-corrected chi connectivity index (χ2v) is 7.45. The van der Waals surface area contributed by atoms with Gasteiger partial charge in [0.15, 0.2) is 0 Å². The van der Waals surface area contributed by atoms with Gasteiger partial charge in [-0.15, -0.1) is 0 Å². The van der Waals surface area contributed by atoms with Gasteiger partial charge in [-0.3, -0.25) is 0 Å². The van der Waals surface area contributed by atoms with Gasteiger partial charge in [0.05, 0.1) is 0 Å². The summed E-state index contributed by atoms with van der Waals surface area (Å²) in [5.41, 5.74) is 13.1. The number of hydrogen-bond donors (Lipinski definition) is 1. The molecule has 0 fully saturated rings.